The van der Waals surface area contributed by atoms with Gasteiger partial charge < -0.3 is 9.66 Å². The molecule has 1 unspecified atom stereocenters. The summed E-state index contributed by atoms with van der Waals surface area (Å²) in [5, 5.41) is 8.21. The molecule has 0 aliphatic rings. The maximum absolute atomic E-state index is 10.1. The number of unbranched alkanes of at least 4 members (excludes halogenated alkanes) is 2. The third kappa shape index (κ3) is 9.58. The van der Waals surface area contributed by atoms with Gasteiger partial charge in [-0.1, -0.05) is 6.42 Å². The Labute approximate surface area is 67.9 Å². The van der Waals surface area contributed by atoms with Gasteiger partial charge in [0, 0.05) is 12.2 Å². The molecule has 0 aliphatic heterocycles. The molecule has 0 rings (SSSR count). The molecule has 0 saturated carbocycles. The van der Waals surface area contributed by atoms with Gasteiger partial charge >= 0.3 is 5.97 Å². The second-order valence-corrected chi connectivity index (χ2v) is 3.28. The molecule has 2 N–H and O–H groups in total. The fourth-order valence-corrected chi connectivity index (χ4v) is 1.13. The molecule has 0 aromatic rings. The van der Waals surface area contributed by atoms with Crippen molar-refractivity contribution in [2.45, 2.75) is 25.7 Å². The first-order valence-electron chi connectivity index (χ1n) is 3.42. The van der Waals surface area contributed by atoms with Crippen LogP contribution >= 0.6 is 0 Å². The molecule has 0 fully saturated rings. The van der Waals surface area contributed by atoms with Crippen LogP contribution in [0, 0.1) is 0 Å². The fraction of sp³-hybridized carbons (Fsp3) is 0.833. The number of aliphatic carboxylic acids is 1. The quantitative estimate of drug-likeness (QED) is 0.469. The van der Waals surface area contributed by atoms with E-state index in [0.717, 1.165) is 0 Å². The Hall–Kier alpha value is -0.420. The van der Waals surface area contributed by atoms with Gasteiger partial charge in [0.15, 0.2) is 11.1 Å². The van der Waals surface area contributed by atoms with Gasteiger partial charge in [0.1, 0.15) is 0 Å². The summed E-state index contributed by atoms with van der Waals surface area (Å²) in [7, 11) is 0. The summed E-state index contributed by atoms with van der Waals surface area (Å²) < 4.78 is 18.4. The number of rotatable bonds is 6. The molecule has 0 radical (unpaired) electrons. The highest BCUT2D eigenvalue weighted by Gasteiger charge is 1.97. The van der Waals surface area contributed by atoms with Crippen molar-refractivity contribution in [2.24, 2.45) is 0 Å². The molecule has 0 spiro atoms. The van der Waals surface area contributed by atoms with Crippen LogP contribution in [0.1, 0.15) is 25.7 Å². The van der Waals surface area contributed by atoms with Gasteiger partial charge in [0.25, 0.3) is 0 Å². The summed E-state index contributed by atoms with van der Waals surface area (Å²) in [5.74, 6) is -0.560. The van der Waals surface area contributed by atoms with Crippen LogP contribution in [0.2, 0.25) is 0 Å². The number of hydrogen-bond acceptors (Lipinski definition) is 2. The van der Waals surface area contributed by atoms with Gasteiger partial charge in [0.05, 0.1) is 0 Å². The molecule has 0 bridgehead atoms. The van der Waals surface area contributed by atoms with Gasteiger partial charge in [0.2, 0.25) is 0 Å². The minimum absolute atomic E-state index is 0.151. The second kappa shape index (κ2) is 6.30. The number of carbonyl (C=O) groups is 1. The van der Waals surface area contributed by atoms with Crippen LogP contribution in [0.15, 0.2) is 0 Å². The highest BCUT2D eigenvalue weighted by molar-refractivity contribution is 7.79. The first-order valence-corrected chi connectivity index (χ1v) is 4.70. The normalized spacial score (nSPS) is 12.8. The molecule has 0 amide bonds. The Kier molecular flexibility index (Phi) is 6.06. The van der Waals surface area contributed by atoms with E-state index in [-0.39, 0.29) is 12.2 Å². The van der Waals surface area contributed by atoms with Crippen LogP contribution in [0.4, 0.5) is 0 Å². The average Bonchev–Trinajstić information content (AvgIpc) is 1.85. The van der Waals surface area contributed by atoms with Gasteiger partial charge in [-0.15, -0.1) is 0 Å². The third-order valence-electron chi connectivity index (χ3n) is 1.21. The van der Waals surface area contributed by atoms with E-state index in [9.17, 15) is 9.00 Å². The van der Waals surface area contributed by atoms with Crippen molar-refractivity contribution in [2.75, 3.05) is 5.75 Å². The lowest BCUT2D eigenvalue weighted by Crippen LogP contribution is -1.97. The Morgan fingerprint density at radius 1 is 1.27 bits per heavy atom. The lowest BCUT2D eigenvalue weighted by Gasteiger charge is -1.94. The van der Waals surface area contributed by atoms with Gasteiger partial charge in [-0.2, -0.15) is 0 Å². The highest BCUT2D eigenvalue weighted by Crippen LogP contribution is 1.99. The maximum Gasteiger partial charge on any atom is 0.303 e. The second-order valence-electron chi connectivity index (χ2n) is 2.23. The van der Waals surface area contributed by atoms with Crippen LogP contribution < -0.4 is 0 Å². The predicted octanol–water partition coefficient (Wildman–Crippen LogP) is 0.853. The van der Waals surface area contributed by atoms with Gasteiger partial charge in [-0.05, 0) is 12.8 Å². The SMILES string of the molecule is O=C(O)CCCCCS(=O)O. The van der Waals surface area contributed by atoms with Crippen LogP contribution in [-0.4, -0.2) is 25.6 Å². The molecule has 0 saturated heterocycles. The zero-order valence-corrected chi connectivity index (χ0v) is 6.97. The lowest BCUT2D eigenvalue weighted by atomic mass is 10.2. The zero-order valence-electron chi connectivity index (χ0n) is 6.15. The lowest BCUT2D eigenvalue weighted by molar-refractivity contribution is -0.137. The van der Waals surface area contributed by atoms with Crippen LogP contribution in [0.3, 0.4) is 0 Å². The molecule has 11 heavy (non-hydrogen) atoms. The van der Waals surface area contributed by atoms with Crippen molar-refractivity contribution in [3.63, 3.8) is 0 Å². The van der Waals surface area contributed by atoms with E-state index < -0.39 is 17.0 Å². The van der Waals surface area contributed by atoms with E-state index in [0.29, 0.717) is 19.3 Å². The molecule has 0 aliphatic carbocycles. The van der Waals surface area contributed by atoms with Crippen LogP contribution in [0.25, 0.3) is 0 Å². The summed E-state index contributed by atoms with van der Waals surface area (Å²) >= 11 is -1.73. The molecule has 4 nitrogen and oxygen atoms in total. The third-order valence-corrected chi connectivity index (χ3v) is 1.85. The molecule has 0 aromatic carbocycles. The smallest absolute Gasteiger partial charge is 0.303 e. The van der Waals surface area contributed by atoms with E-state index >= 15 is 0 Å². The molecule has 0 heterocycles. The van der Waals surface area contributed by atoms with Crippen molar-refractivity contribution in [1.82, 2.24) is 0 Å². The van der Waals surface area contributed by atoms with Crippen molar-refractivity contribution in [1.29, 1.82) is 0 Å². The summed E-state index contributed by atoms with van der Waals surface area (Å²) in [5.41, 5.74) is 0. The topological polar surface area (TPSA) is 74.6 Å². The zero-order chi connectivity index (χ0) is 8.69. The predicted molar refractivity (Wildman–Crippen MR) is 41.7 cm³/mol. The van der Waals surface area contributed by atoms with Crippen molar-refractivity contribution in [3.05, 3.63) is 0 Å². The molecule has 0 aromatic heterocycles. The number of hydrogen-bond donors (Lipinski definition) is 2. The summed E-state index contributed by atoms with van der Waals surface area (Å²) in [6.07, 6.45) is 2.07. The average molecular weight is 180 g/mol. The Morgan fingerprint density at radius 2 is 1.91 bits per heavy atom. The van der Waals surface area contributed by atoms with Gasteiger partial charge in [-0.3, -0.25) is 4.79 Å². The number of carboxylic acid groups (broad SMARTS) is 1. The molecule has 5 heteroatoms. The molecular formula is C6H12O4S. The van der Waals surface area contributed by atoms with E-state index in [1.165, 1.54) is 0 Å². The Bertz CT molecular complexity index is 130. The summed E-state index contributed by atoms with van der Waals surface area (Å²) in [4.78, 5) is 9.99. The summed E-state index contributed by atoms with van der Waals surface area (Å²) in [6.45, 7) is 0. The largest absolute Gasteiger partial charge is 0.481 e. The molecular weight excluding hydrogens is 168 g/mol. The van der Waals surface area contributed by atoms with E-state index in [1.54, 1.807) is 0 Å². The standard InChI is InChI=1S/C6H12O4S/c7-6(8)4-2-1-3-5-11(9)10/h1-5H2,(H,7,8)(H,9,10). The van der Waals surface area contributed by atoms with Crippen molar-refractivity contribution in [3.8, 4) is 0 Å². The molecule has 1 atom stereocenters. The van der Waals surface area contributed by atoms with Crippen LogP contribution in [-0.2, 0) is 15.9 Å². The van der Waals surface area contributed by atoms with E-state index in [4.69, 9.17) is 9.66 Å². The van der Waals surface area contributed by atoms with Crippen LogP contribution in [0.5, 0.6) is 0 Å². The van der Waals surface area contributed by atoms with E-state index in [2.05, 4.69) is 0 Å². The monoisotopic (exact) mass is 180 g/mol. The highest BCUT2D eigenvalue weighted by atomic mass is 32.2. The van der Waals surface area contributed by atoms with Crippen molar-refractivity contribution < 1.29 is 18.7 Å². The van der Waals surface area contributed by atoms with Crippen molar-refractivity contribution >= 4 is 17.0 Å². The maximum atomic E-state index is 10.1. The minimum Gasteiger partial charge on any atom is -0.481 e. The van der Waals surface area contributed by atoms with E-state index in [1.807, 2.05) is 0 Å². The first kappa shape index (κ1) is 10.6. The fourth-order valence-electron chi connectivity index (χ4n) is 0.679. The Morgan fingerprint density at radius 3 is 2.36 bits per heavy atom. The first-order chi connectivity index (χ1) is 5.13. The Balaban J connectivity index is 3.03. The minimum atomic E-state index is -1.73. The molecule has 66 valence electrons. The number of carboxylic acids is 1. The summed E-state index contributed by atoms with van der Waals surface area (Å²) in [6, 6.07) is 0. The van der Waals surface area contributed by atoms with Gasteiger partial charge in [-0.25, -0.2) is 4.21 Å².